The molecule has 2 aliphatic carbocycles. The maximum atomic E-state index is 12.5. The van der Waals surface area contributed by atoms with Crippen LogP contribution in [0.25, 0.3) is 0 Å². The first-order valence-electron chi connectivity index (χ1n) is 9.21. The van der Waals surface area contributed by atoms with Gasteiger partial charge in [-0.2, -0.15) is 0 Å². The summed E-state index contributed by atoms with van der Waals surface area (Å²) in [5.74, 6) is 2.82. The van der Waals surface area contributed by atoms with E-state index in [-0.39, 0.29) is 6.04 Å². The Morgan fingerprint density at radius 1 is 1.05 bits per heavy atom. The maximum absolute atomic E-state index is 12.5. The molecule has 3 nitrogen and oxygen atoms in total. The normalized spacial score (nSPS) is 38.4. The number of hydrogen-bond acceptors (Lipinski definition) is 2. The first-order valence-corrected chi connectivity index (χ1v) is 9.21. The van der Waals surface area contributed by atoms with Gasteiger partial charge in [-0.3, -0.25) is 10.1 Å². The molecule has 21 heavy (non-hydrogen) atoms. The molecule has 1 amide bonds. The standard InChI is InChI=1S/C18H32N2O/c1-13-7-9-15(10-8-13)11-12-20-17(16-5-3-4-6-16)19-14(2)18(20)21/h13-17,19H,3-12H2,1-2H3. The minimum atomic E-state index is 0.0296. The highest BCUT2D eigenvalue weighted by Gasteiger charge is 2.41. The van der Waals surface area contributed by atoms with Crippen molar-refractivity contribution in [3.8, 4) is 0 Å². The lowest BCUT2D eigenvalue weighted by atomic mass is 9.81. The maximum Gasteiger partial charge on any atom is 0.240 e. The van der Waals surface area contributed by atoms with Gasteiger partial charge in [-0.25, -0.2) is 0 Å². The summed E-state index contributed by atoms with van der Waals surface area (Å²) < 4.78 is 0. The van der Waals surface area contributed by atoms with Crippen LogP contribution in [0.5, 0.6) is 0 Å². The van der Waals surface area contributed by atoms with Crippen LogP contribution >= 0.6 is 0 Å². The van der Waals surface area contributed by atoms with Crippen molar-refractivity contribution in [3.05, 3.63) is 0 Å². The highest BCUT2D eigenvalue weighted by atomic mass is 16.2. The second-order valence-electron chi connectivity index (χ2n) is 7.82. The van der Waals surface area contributed by atoms with E-state index in [1.807, 2.05) is 6.92 Å². The molecule has 3 aliphatic rings. The molecule has 3 fully saturated rings. The Balaban J connectivity index is 1.55. The average Bonchev–Trinajstić information content (AvgIpc) is 3.09. The number of amides is 1. The summed E-state index contributed by atoms with van der Waals surface area (Å²) in [5.41, 5.74) is 0. The summed E-state index contributed by atoms with van der Waals surface area (Å²) in [5, 5.41) is 3.57. The Hall–Kier alpha value is -0.570. The van der Waals surface area contributed by atoms with Crippen molar-refractivity contribution in [3.63, 3.8) is 0 Å². The van der Waals surface area contributed by atoms with Crippen molar-refractivity contribution in [2.45, 2.75) is 83.8 Å². The molecular weight excluding hydrogens is 260 g/mol. The minimum absolute atomic E-state index is 0.0296. The van der Waals surface area contributed by atoms with Gasteiger partial charge >= 0.3 is 0 Å². The molecule has 0 radical (unpaired) electrons. The third-order valence-electron chi connectivity index (χ3n) is 6.17. The Bertz CT molecular complexity index is 356. The minimum Gasteiger partial charge on any atom is -0.326 e. The van der Waals surface area contributed by atoms with Crippen LogP contribution in [0, 0.1) is 17.8 Å². The highest BCUT2D eigenvalue weighted by molar-refractivity contribution is 5.83. The van der Waals surface area contributed by atoms with Crippen LogP contribution in [0.4, 0.5) is 0 Å². The molecule has 3 rings (SSSR count). The number of hydrogen-bond donors (Lipinski definition) is 1. The third kappa shape index (κ3) is 3.44. The van der Waals surface area contributed by atoms with Gasteiger partial charge in [-0.15, -0.1) is 0 Å². The summed E-state index contributed by atoms with van der Waals surface area (Å²) in [4.78, 5) is 14.7. The van der Waals surface area contributed by atoms with E-state index in [0.717, 1.165) is 18.4 Å². The fourth-order valence-corrected chi connectivity index (χ4v) is 4.66. The van der Waals surface area contributed by atoms with Gasteiger partial charge in [0.25, 0.3) is 0 Å². The third-order valence-corrected chi connectivity index (χ3v) is 6.17. The van der Waals surface area contributed by atoms with Gasteiger partial charge in [0.1, 0.15) is 0 Å². The Morgan fingerprint density at radius 3 is 2.38 bits per heavy atom. The Morgan fingerprint density at radius 2 is 1.71 bits per heavy atom. The second kappa shape index (κ2) is 6.68. The van der Waals surface area contributed by atoms with Crippen LogP contribution in [0.15, 0.2) is 0 Å². The van der Waals surface area contributed by atoms with E-state index in [4.69, 9.17) is 0 Å². The van der Waals surface area contributed by atoms with E-state index in [1.54, 1.807) is 0 Å². The number of carbonyl (C=O) groups excluding carboxylic acids is 1. The number of nitrogens with one attached hydrogen (secondary N) is 1. The molecule has 2 saturated carbocycles. The van der Waals surface area contributed by atoms with Gasteiger partial charge in [-0.05, 0) is 43.9 Å². The molecule has 1 N–H and O–H groups in total. The molecule has 0 bridgehead atoms. The van der Waals surface area contributed by atoms with Crippen molar-refractivity contribution >= 4 is 5.91 Å². The SMILES string of the molecule is CC1CCC(CCN2C(=O)C(C)NC2C2CCCC2)CC1. The zero-order chi connectivity index (χ0) is 14.8. The first-order chi connectivity index (χ1) is 10.1. The number of carbonyl (C=O) groups is 1. The molecule has 1 heterocycles. The van der Waals surface area contributed by atoms with E-state index >= 15 is 0 Å². The van der Waals surface area contributed by atoms with E-state index < -0.39 is 0 Å². The summed E-state index contributed by atoms with van der Waals surface area (Å²) in [6.07, 6.45) is 12.4. The van der Waals surface area contributed by atoms with Crippen LogP contribution in [0.1, 0.15) is 71.6 Å². The molecule has 1 saturated heterocycles. The Labute approximate surface area is 129 Å². The molecule has 2 atom stereocenters. The largest absolute Gasteiger partial charge is 0.326 e. The van der Waals surface area contributed by atoms with Gasteiger partial charge in [0.05, 0.1) is 12.2 Å². The lowest BCUT2D eigenvalue weighted by Gasteiger charge is -2.32. The van der Waals surface area contributed by atoms with Crippen LogP contribution < -0.4 is 5.32 Å². The lowest BCUT2D eigenvalue weighted by molar-refractivity contribution is -0.130. The smallest absolute Gasteiger partial charge is 0.240 e. The lowest BCUT2D eigenvalue weighted by Crippen LogP contribution is -2.43. The van der Waals surface area contributed by atoms with Crippen LogP contribution in [0.2, 0.25) is 0 Å². The van der Waals surface area contributed by atoms with Gasteiger partial charge in [0, 0.05) is 6.54 Å². The second-order valence-corrected chi connectivity index (χ2v) is 7.82. The molecule has 2 unspecified atom stereocenters. The molecule has 3 heteroatoms. The average molecular weight is 292 g/mol. The first kappa shape index (κ1) is 15.3. The number of nitrogens with zero attached hydrogens (tertiary/aromatic N) is 1. The van der Waals surface area contributed by atoms with Crippen LogP contribution in [0.3, 0.4) is 0 Å². The molecule has 0 aromatic heterocycles. The van der Waals surface area contributed by atoms with Crippen LogP contribution in [-0.2, 0) is 4.79 Å². The molecular formula is C18H32N2O. The van der Waals surface area contributed by atoms with E-state index in [9.17, 15) is 4.79 Å². The molecule has 0 aromatic carbocycles. The van der Waals surface area contributed by atoms with Gasteiger partial charge in [0.2, 0.25) is 5.91 Å². The zero-order valence-electron chi connectivity index (χ0n) is 13.8. The summed E-state index contributed by atoms with van der Waals surface area (Å²) >= 11 is 0. The molecule has 0 aromatic rings. The van der Waals surface area contributed by atoms with Crippen molar-refractivity contribution in [2.24, 2.45) is 17.8 Å². The number of rotatable bonds is 4. The van der Waals surface area contributed by atoms with Crippen molar-refractivity contribution in [1.82, 2.24) is 10.2 Å². The molecule has 1 aliphatic heterocycles. The fourth-order valence-electron chi connectivity index (χ4n) is 4.66. The van der Waals surface area contributed by atoms with Crippen molar-refractivity contribution < 1.29 is 4.79 Å². The summed E-state index contributed by atoms with van der Waals surface area (Å²) in [6, 6.07) is 0.0296. The summed E-state index contributed by atoms with van der Waals surface area (Å²) in [7, 11) is 0. The van der Waals surface area contributed by atoms with Gasteiger partial charge < -0.3 is 4.90 Å². The predicted molar refractivity (Wildman–Crippen MR) is 85.8 cm³/mol. The summed E-state index contributed by atoms with van der Waals surface area (Å²) in [6.45, 7) is 5.39. The zero-order valence-corrected chi connectivity index (χ0v) is 13.8. The van der Waals surface area contributed by atoms with Crippen molar-refractivity contribution in [2.75, 3.05) is 6.54 Å². The van der Waals surface area contributed by atoms with Gasteiger partial charge in [0.15, 0.2) is 0 Å². The molecule has 0 spiro atoms. The van der Waals surface area contributed by atoms with Crippen LogP contribution in [-0.4, -0.2) is 29.6 Å². The quantitative estimate of drug-likeness (QED) is 0.859. The van der Waals surface area contributed by atoms with Crippen molar-refractivity contribution in [1.29, 1.82) is 0 Å². The fraction of sp³-hybridized carbons (Fsp3) is 0.944. The van der Waals surface area contributed by atoms with Gasteiger partial charge in [-0.1, -0.05) is 45.4 Å². The van der Waals surface area contributed by atoms with E-state index in [0.29, 0.717) is 18.0 Å². The Kier molecular flexibility index (Phi) is 4.88. The molecule has 120 valence electrons. The monoisotopic (exact) mass is 292 g/mol. The van der Waals surface area contributed by atoms with E-state index in [1.165, 1.54) is 57.8 Å². The highest BCUT2D eigenvalue weighted by Crippen LogP contribution is 2.34. The topological polar surface area (TPSA) is 32.3 Å². The van der Waals surface area contributed by atoms with E-state index in [2.05, 4.69) is 17.1 Å². The predicted octanol–water partition coefficient (Wildman–Crippen LogP) is 3.54.